The lowest BCUT2D eigenvalue weighted by atomic mass is 9.98. The minimum Gasteiger partial charge on any atom is -0.459 e. The highest BCUT2D eigenvalue weighted by atomic mass is 16.5. The number of rotatable bonds is 4. The zero-order chi connectivity index (χ0) is 21.4. The average Bonchev–Trinajstić information content (AvgIpc) is 3.05. The number of nitrogens with two attached hydrogens (primary N) is 1. The van der Waals surface area contributed by atoms with Gasteiger partial charge in [0.2, 0.25) is 0 Å². The number of aryl methyl sites for hydroxylation is 1. The number of hydrogen-bond acceptors (Lipinski definition) is 5. The van der Waals surface area contributed by atoms with E-state index in [-0.39, 0.29) is 6.10 Å². The molecule has 2 aromatic carbocycles. The highest BCUT2D eigenvalue weighted by molar-refractivity contribution is 6.08. The van der Waals surface area contributed by atoms with Crippen molar-refractivity contribution in [3.8, 4) is 0 Å². The lowest BCUT2D eigenvalue weighted by Crippen LogP contribution is -2.21. The van der Waals surface area contributed by atoms with Crippen LogP contribution in [-0.2, 0) is 11.3 Å². The van der Waals surface area contributed by atoms with Crippen LogP contribution in [0.15, 0.2) is 48.5 Å². The third kappa shape index (κ3) is 3.74. The van der Waals surface area contributed by atoms with Gasteiger partial charge in [0.15, 0.2) is 5.65 Å². The molecule has 1 aliphatic rings. The van der Waals surface area contributed by atoms with Crippen molar-refractivity contribution in [3.63, 3.8) is 0 Å². The molecule has 1 saturated carbocycles. The van der Waals surface area contributed by atoms with Crippen LogP contribution >= 0.6 is 0 Å². The summed E-state index contributed by atoms with van der Waals surface area (Å²) in [4.78, 5) is 22.8. The van der Waals surface area contributed by atoms with Crippen molar-refractivity contribution < 1.29 is 9.53 Å². The molecule has 0 spiro atoms. The molecular formula is C25H26N4O2. The van der Waals surface area contributed by atoms with Gasteiger partial charge >= 0.3 is 5.97 Å². The Morgan fingerprint density at radius 1 is 1.03 bits per heavy atom. The minimum absolute atomic E-state index is 0.0513. The van der Waals surface area contributed by atoms with Crippen LogP contribution in [0.25, 0.3) is 22.2 Å². The number of ether oxygens (including phenoxy) is 1. The summed E-state index contributed by atoms with van der Waals surface area (Å²) in [5, 5.41) is 0. The Morgan fingerprint density at radius 2 is 1.71 bits per heavy atom. The third-order valence-electron chi connectivity index (χ3n) is 6.08. The number of aromatic nitrogens is 3. The normalized spacial score (nSPS) is 14.9. The van der Waals surface area contributed by atoms with E-state index < -0.39 is 5.97 Å². The molecule has 0 bridgehead atoms. The number of nitrogen functional groups attached to an aromatic ring is 1. The van der Waals surface area contributed by atoms with E-state index in [4.69, 9.17) is 20.4 Å². The predicted molar refractivity (Wildman–Crippen MR) is 122 cm³/mol. The maximum Gasteiger partial charge on any atom is 0.344 e. The fourth-order valence-corrected chi connectivity index (χ4v) is 4.35. The van der Waals surface area contributed by atoms with Gasteiger partial charge in [-0.1, -0.05) is 48.4 Å². The van der Waals surface area contributed by atoms with Gasteiger partial charge < -0.3 is 15.0 Å². The molecule has 6 nitrogen and oxygen atoms in total. The molecule has 4 aromatic rings. The molecule has 0 aliphatic heterocycles. The summed E-state index contributed by atoms with van der Waals surface area (Å²) in [7, 11) is 0. The number of fused-ring (bicyclic) bond motifs is 2. The Kier molecular flexibility index (Phi) is 5.06. The first kappa shape index (κ1) is 19.5. The summed E-state index contributed by atoms with van der Waals surface area (Å²) >= 11 is 0. The van der Waals surface area contributed by atoms with Gasteiger partial charge in [-0.3, -0.25) is 0 Å². The van der Waals surface area contributed by atoms with E-state index in [1.54, 1.807) is 0 Å². The molecule has 5 rings (SSSR count). The minimum atomic E-state index is -0.401. The Hall–Kier alpha value is -3.41. The van der Waals surface area contributed by atoms with Crippen molar-refractivity contribution in [1.29, 1.82) is 0 Å². The first-order valence-electron chi connectivity index (χ1n) is 10.9. The van der Waals surface area contributed by atoms with Crippen LogP contribution in [0.1, 0.15) is 53.6 Å². The third-order valence-corrected chi connectivity index (χ3v) is 6.08. The fourth-order valence-electron chi connectivity index (χ4n) is 4.35. The second-order valence-corrected chi connectivity index (χ2v) is 8.38. The monoisotopic (exact) mass is 414 g/mol. The largest absolute Gasteiger partial charge is 0.459 e. The smallest absolute Gasteiger partial charge is 0.344 e. The highest BCUT2D eigenvalue weighted by Gasteiger charge is 2.27. The Bertz CT molecular complexity index is 1250. The number of para-hydroxylation sites is 2. The Balaban J connectivity index is 1.62. The van der Waals surface area contributed by atoms with E-state index in [2.05, 4.69) is 31.2 Å². The number of anilines is 1. The van der Waals surface area contributed by atoms with Crippen LogP contribution < -0.4 is 5.73 Å². The van der Waals surface area contributed by atoms with Gasteiger partial charge in [0.05, 0.1) is 17.6 Å². The van der Waals surface area contributed by atoms with Gasteiger partial charge in [-0.15, -0.1) is 0 Å². The van der Waals surface area contributed by atoms with Crippen LogP contribution in [0.2, 0.25) is 0 Å². The zero-order valence-corrected chi connectivity index (χ0v) is 17.7. The van der Waals surface area contributed by atoms with Crippen LogP contribution in [-0.4, -0.2) is 26.6 Å². The second-order valence-electron chi connectivity index (χ2n) is 8.38. The molecule has 6 heteroatoms. The highest BCUT2D eigenvalue weighted by Crippen LogP contribution is 2.31. The molecule has 0 radical (unpaired) electrons. The second kappa shape index (κ2) is 8.02. The summed E-state index contributed by atoms with van der Waals surface area (Å²) in [6, 6.07) is 15.9. The molecule has 0 saturated heterocycles. The molecule has 0 amide bonds. The molecule has 31 heavy (non-hydrogen) atoms. The maximum atomic E-state index is 13.2. The number of carbonyl (C=O) groups is 1. The topological polar surface area (TPSA) is 83.0 Å². The molecule has 2 heterocycles. The average molecular weight is 415 g/mol. The van der Waals surface area contributed by atoms with Gasteiger partial charge in [-0.2, -0.15) is 0 Å². The maximum absolute atomic E-state index is 13.2. The number of benzene rings is 2. The van der Waals surface area contributed by atoms with E-state index in [0.29, 0.717) is 29.1 Å². The molecule has 1 fully saturated rings. The molecule has 0 unspecified atom stereocenters. The summed E-state index contributed by atoms with van der Waals surface area (Å²) in [5.74, 6) is -0.0478. The first-order chi connectivity index (χ1) is 15.1. The van der Waals surface area contributed by atoms with Crippen LogP contribution in [0.3, 0.4) is 0 Å². The standard InChI is InChI=1S/C25H26N4O2/c1-16-11-13-17(14-12-16)15-29-23(26)21(25(30)31-18-7-3-2-4-8-18)22-24(29)28-20-10-6-5-9-19(20)27-22/h5-6,9-14,18H,2-4,7-8,15,26H2,1H3. The molecular weight excluding hydrogens is 388 g/mol. The molecule has 2 N–H and O–H groups in total. The van der Waals surface area contributed by atoms with Crippen molar-refractivity contribution in [2.45, 2.75) is 51.7 Å². The summed E-state index contributed by atoms with van der Waals surface area (Å²) in [6.07, 6.45) is 5.14. The Morgan fingerprint density at radius 3 is 2.42 bits per heavy atom. The molecule has 1 aliphatic carbocycles. The number of nitrogens with zero attached hydrogens (tertiary/aromatic N) is 3. The SMILES string of the molecule is Cc1ccc(Cn2c(N)c(C(=O)OC3CCCCC3)c3nc4ccccc4nc32)cc1. The van der Waals surface area contributed by atoms with Crippen LogP contribution in [0.4, 0.5) is 5.82 Å². The van der Waals surface area contributed by atoms with Gasteiger partial charge in [0.1, 0.15) is 23.0 Å². The molecule has 158 valence electrons. The molecule has 0 atom stereocenters. The Labute approximate surface area is 181 Å². The summed E-state index contributed by atoms with van der Waals surface area (Å²) < 4.78 is 7.73. The van der Waals surface area contributed by atoms with E-state index >= 15 is 0 Å². The van der Waals surface area contributed by atoms with Crippen LogP contribution in [0, 0.1) is 6.92 Å². The van der Waals surface area contributed by atoms with Crippen molar-refractivity contribution in [1.82, 2.24) is 14.5 Å². The van der Waals surface area contributed by atoms with Gasteiger partial charge in [0.25, 0.3) is 0 Å². The van der Waals surface area contributed by atoms with Crippen molar-refractivity contribution in [2.24, 2.45) is 0 Å². The summed E-state index contributed by atoms with van der Waals surface area (Å²) in [5.41, 5.74) is 11.7. The molecule has 2 aromatic heterocycles. The van der Waals surface area contributed by atoms with E-state index in [1.807, 2.05) is 28.8 Å². The fraction of sp³-hybridized carbons (Fsp3) is 0.320. The van der Waals surface area contributed by atoms with Crippen molar-refractivity contribution >= 4 is 34.0 Å². The van der Waals surface area contributed by atoms with Crippen molar-refractivity contribution in [3.05, 3.63) is 65.2 Å². The van der Waals surface area contributed by atoms with Crippen LogP contribution in [0.5, 0.6) is 0 Å². The predicted octanol–water partition coefficient (Wildman–Crippen LogP) is 5.01. The van der Waals surface area contributed by atoms with E-state index in [9.17, 15) is 4.79 Å². The van der Waals surface area contributed by atoms with Gasteiger partial charge in [-0.05, 0) is 50.3 Å². The van der Waals surface area contributed by atoms with Gasteiger partial charge in [-0.25, -0.2) is 14.8 Å². The lowest BCUT2D eigenvalue weighted by Gasteiger charge is -2.21. The first-order valence-corrected chi connectivity index (χ1v) is 10.9. The quantitative estimate of drug-likeness (QED) is 0.475. The zero-order valence-electron chi connectivity index (χ0n) is 17.7. The number of esters is 1. The lowest BCUT2D eigenvalue weighted by molar-refractivity contribution is 0.0214. The number of carbonyl (C=O) groups excluding carboxylic acids is 1. The van der Waals surface area contributed by atoms with E-state index in [0.717, 1.165) is 42.3 Å². The van der Waals surface area contributed by atoms with E-state index in [1.165, 1.54) is 12.0 Å². The van der Waals surface area contributed by atoms with Gasteiger partial charge in [0, 0.05) is 0 Å². The number of hydrogen-bond donors (Lipinski definition) is 1. The summed E-state index contributed by atoms with van der Waals surface area (Å²) in [6.45, 7) is 2.56. The van der Waals surface area contributed by atoms with Crippen molar-refractivity contribution in [2.75, 3.05) is 5.73 Å².